The SMILES string of the molecule is CCCN(CC(=O)OC)c1nc2ccc([N+](=O)[O-])cc2[nH]1. The number of non-ortho nitro benzene ring substituents is 1. The van der Waals surface area contributed by atoms with Crippen molar-refractivity contribution in [2.24, 2.45) is 0 Å². The van der Waals surface area contributed by atoms with Crippen LogP contribution in [-0.4, -0.2) is 41.1 Å². The van der Waals surface area contributed by atoms with Crippen LogP contribution in [0.4, 0.5) is 11.6 Å². The number of rotatable bonds is 6. The van der Waals surface area contributed by atoms with Crippen molar-refractivity contribution in [1.29, 1.82) is 0 Å². The van der Waals surface area contributed by atoms with Crippen molar-refractivity contribution in [3.05, 3.63) is 28.3 Å². The quantitative estimate of drug-likeness (QED) is 0.495. The van der Waals surface area contributed by atoms with E-state index in [4.69, 9.17) is 0 Å². The van der Waals surface area contributed by atoms with Crippen LogP contribution in [0.1, 0.15) is 13.3 Å². The molecular formula is C13H16N4O4. The Kier molecular flexibility index (Phi) is 4.36. The maximum Gasteiger partial charge on any atom is 0.325 e. The fourth-order valence-electron chi connectivity index (χ4n) is 2.00. The predicted octanol–water partition coefficient (Wildman–Crippen LogP) is 1.86. The molecule has 0 saturated carbocycles. The summed E-state index contributed by atoms with van der Waals surface area (Å²) in [6, 6.07) is 4.40. The highest BCUT2D eigenvalue weighted by atomic mass is 16.6. The van der Waals surface area contributed by atoms with Gasteiger partial charge in [-0.15, -0.1) is 0 Å². The van der Waals surface area contributed by atoms with Crippen LogP contribution in [0.5, 0.6) is 0 Å². The lowest BCUT2D eigenvalue weighted by molar-refractivity contribution is -0.384. The van der Waals surface area contributed by atoms with E-state index in [0.29, 0.717) is 23.5 Å². The van der Waals surface area contributed by atoms with Gasteiger partial charge in [0.15, 0.2) is 0 Å². The molecule has 8 heteroatoms. The molecule has 1 N–H and O–H groups in total. The van der Waals surface area contributed by atoms with Crippen molar-refractivity contribution >= 4 is 28.6 Å². The van der Waals surface area contributed by atoms with Gasteiger partial charge in [0.25, 0.3) is 5.69 Å². The normalized spacial score (nSPS) is 10.6. The highest BCUT2D eigenvalue weighted by molar-refractivity contribution is 5.81. The van der Waals surface area contributed by atoms with Crippen LogP contribution in [0, 0.1) is 10.1 Å². The molecule has 1 heterocycles. The number of ether oxygens (including phenoxy) is 1. The van der Waals surface area contributed by atoms with Gasteiger partial charge in [-0.3, -0.25) is 14.9 Å². The molecule has 0 atom stereocenters. The number of fused-ring (bicyclic) bond motifs is 1. The van der Waals surface area contributed by atoms with Gasteiger partial charge in [0, 0.05) is 18.7 Å². The van der Waals surface area contributed by atoms with Crippen LogP contribution in [0.15, 0.2) is 18.2 Å². The van der Waals surface area contributed by atoms with Crippen LogP contribution in [0.3, 0.4) is 0 Å². The summed E-state index contributed by atoms with van der Waals surface area (Å²) in [5, 5.41) is 10.8. The van der Waals surface area contributed by atoms with E-state index in [1.807, 2.05) is 6.92 Å². The number of imidazole rings is 1. The number of carbonyl (C=O) groups excluding carboxylic acids is 1. The van der Waals surface area contributed by atoms with Crippen LogP contribution in [0.25, 0.3) is 11.0 Å². The number of nitro groups is 1. The molecule has 0 aliphatic carbocycles. The third-order valence-corrected chi connectivity index (χ3v) is 3.00. The number of H-pyrrole nitrogens is 1. The van der Waals surface area contributed by atoms with Crippen molar-refractivity contribution in [2.45, 2.75) is 13.3 Å². The van der Waals surface area contributed by atoms with Crippen LogP contribution in [0.2, 0.25) is 0 Å². The van der Waals surface area contributed by atoms with E-state index in [-0.39, 0.29) is 18.2 Å². The summed E-state index contributed by atoms with van der Waals surface area (Å²) in [6.07, 6.45) is 0.828. The second-order valence-electron chi connectivity index (χ2n) is 4.52. The van der Waals surface area contributed by atoms with E-state index >= 15 is 0 Å². The number of hydrogen-bond donors (Lipinski definition) is 1. The summed E-state index contributed by atoms with van der Waals surface area (Å²) in [6.45, 7) is 2.68. The summed E-state index contributed by atoms with van der Waals surface area (Å²) >= 11 is 0. The molecule has 8 nitrogen and oxygen atoms in total. The Morgan fingerprint density at radius 1 is 1.52 bits per heavy atom. The zero-order valence-corrected chi connectivity index (χ0v) is 11.8. The number of nitro benzene ring substituents is 1. The molecule has 1 aromatic heterocycles. The second-order valence-corrected chi connectivity index (χ2v) is 4.52. The highest BCUT2D eigenvalue weighted by Gasteiger charge is 2.16. The number of aromatic nitrogens is 2. The highest BCUT2D eigenvalue weighted by Crippen LogP contribution is 2.22. The molecule has 0 amide bonds. The molecule has 0 fully saturated rings. The largest absolute Gasteiger partial charge is 0.468 e. The van der Waals surface area contributed by atoms with Gasteiger partial charge in [-0.1, -0.05) is 6.92 Å². The Bertz CT molecular complexity index is 667. The molecule has 1 aromatic carbocycles. The second kappa shape index (κ2) is 6.21. The fourth-order valence-corrected chi connectivity index (χ4v) is 2.00. The van der Waals surface area contributed by atoms with Gasteiger partial charge in [-0.2, -0.15) is 0 Å². The number of hydrogen-bond acceptors (Lipinski definition) is 6. The number of carbonyl (C=O) groups is 1. The minimum Gasteiger partial charge on any atom is -0.468 e. The molecule has 2 aromatic rings. The lowest BCUT2D eigenvalue weighted by Crippen LogP contribution is -2.32. The molecule has 0 saturated heterocycles. The Balaban J connectivity index is 2.34. The summed E-state index contributed by atoms with van der Waals surface area (Å²) in [7, 11) is 1.33. The monoisotopic (exact) mass is 292 g/mol. The number of nitrogens with zero attached hydrogens (tertiary/aromatic N) is 3. The molecule has 0 bridgehead atoms. The maximum atomic E-state index is 11.4. The van der Waals surface area contributed by atoms with Gasteiger partial charge in [0.1, 0.15) is 6.54 Å². The van der Waals surface area contributed by atoms with Gasteiger partial charge >= 0.3 is 5.97 Å². The van der Waals surface area contributed by atoms with E-state index in [2.05, 4.69) is 14.7 Å². The van der Waals surface area contributed by atoms with Gasteiger partial charge in [-0.05, 0) is 12.5 Å². The van der Waals surface area contributed by atoms with E-state index in [1.54, 1.807) is 11.0 Å². The Morgan fingerprint density at radius 2 is 2.29 bits per heavy atom. The number of anilines is 1. The molecule has 0 aliphatic heterocycles. The van der Waals surface area contributed by atoms with Gasteiger partial charge < -0.3 is 14.6 Å². The van der Waals surface area contributed by atoms with E-state index in [0.717, 1.165) is 6.42 Å². The Labute approximate surface area is 120 Å². The fraction of sp³-hybridized carbons (Fsp3) is 0.385. The standard InChI is InChI=1S/C13H16N4O4/c1-3-6-16(8-12(18)21-2)13-14-10-5-4-9(17(19)20)7-11(10)15-13/h4-5,7H,3,6,8H2,1-2H3,(H,14,15). The van der Waals surface area contributed by atoms with Gasteiger partial charge in [0.05, 0.1) is 23.1 Å². The van der Waals surface area contributed by atoms with E-state index < -0.39 is 4.92 Å². The average molecular weight is 292 g/mol. The first kappa shape index (κ1) is 14.8. The first-order valence-electron chi connectivity index (χ1n) is 6.51. The minimum absolute atomic E-state index is 0.00675. The lowest BCUT2D eigenvalue weighted by atomic mass is 10.3. The summed E-state index contributed by atoms with van der Waals surface area (Å²) < 4.78 is 4.66. The van der Waals surface area contributed by atoms with Crippen LogP contribution in [-0.2, 0) is 9.53 Å². The molecule has 0 aliphatic rings. The molecule has 0 radical (unpaired) electrons. The predicted molar refractivity (Wildman–Crippen MR) is 77.3 cm³/mol. The lowest BCUT2D eigenvalue weighted by Gasteiger charge is -2.19. The third kappa shape index (κ3) is 3.28. The summed E-state index contributed by atoms with van der Waals surface area (Å²) in [4.78, 5) is 30.9. The first-order chi connectivity index (χ1) is 10.0. The Hall–Kier alpha value is -2.64. The number of methoxy groups -OCH3 is 1. The van der Waals surface area contributed by atoms with Crippen molar-refractivity contribution in [2.75, 3.05) is 25.1 Å². The molecule has 21 heavy (non-hydrogen) atoms. The molecule has 0 spiro atoms. The molecular weight excluding hydrogens is 276 g/mol. The topological polar surface area (TPSA) is 101 Å². The van der Waals surface area contributed by atoms with E-state index in [1.165, 1.54) is 19.2 Å². The number of aromatic amines is 1. The van der Waals surface area contributed by atoms with Crippen molar-refractivity contribution in [3.8, 4) is 0 Å². The number of benzene rings is 1. The average Bonchev–Trinajstić information content (AvgIpc) is 2.89. The maximum absolute atomic E-state index is 11.4. The summed E-state index contributed by atoms with van der Waals surface area (Å²) in [5.41, 5.74) is 1.17. The third-order valence-electron chi connectivity index (χ3n) is 3.00. The molecule has 112 valence electrons. The smallest absolute Gasteiger partial charge is 0.325 e. The van der Waals surface area contributed by atoms with Crippen molar-refractivity contribution < 1.29 is 14.5 Å². The zero-order chi connectivity index (χ0) is 15.4. The summed E-state index contributed by atoms with van der Waals surface area (Å²) in [5.74, 6) is 0.132. The molecule has 0 unspecified atom stereocenters. The minimum atomic E-state index is -0.460. The van der Waals surface area contributed by atoms with E-state index in [9.17, 15) is 14.9 Å². The van der Waals surface area contributed by atoms with Gasteiger partial charge in [-0.25, -0.2) is 4.98 Å². The van der Waals surface area contributed by atoms with Crippen molar-refractivity contribution in [1.82, 2.24) is 9.97 Å². The Morgan fingerprint density at radius 3 is 2.90 bits per heavy atom. The zero-order valence-electron chi connectivity index (χ0n) is 11.8. The number of esters is 1. The molecule has 2 rings (SSSR count). The van der Waals surface area contributed by atoms with Crippen LogP contribution >= 0.6 is 0 Å². The number of nitrogens with one attached hydrogen (secondary N) is 1. The van der Waals surface area contributed by atoms with Crippen LogP contribution < -0.4 is 4.90 Å². The van der Waals surface area contributed by atoms with Gasteiger partial charge in [0.2, 0.25) is 5.95 Å². The first-order valence-corrected chi connectivity index (χ1v) is 6.51. The van der Waals surface area contributed by atoms with Crippen molar-refractivity contribution in [3.63, 3.8) is 0 Å².